The van der Waals surface area contributed by atoms with Crippen molar-refractivity contribution in [1.29, 1.82) is 0 Å². The van der Waals surface area contributed by atoms with E-state index < -0.39 is 133 Å². The quantitative estimate of drug-likeness (QED) is 0.0991. The predicted octanol–water partition coefficient (Wildman–Crippen LogP) is -3.83. The molecule has 3 aromatic rings. The summed E-state index contributed by atoms with van der Waals surface area (Å²) in [5.41, 5.74) is -1.35. The summed E-state index contributed by atoms with van der Waals surface area (Å²) in [5.74, 6) is -4.56. The average molecular weight is 771 g/mol. The Hall–Kier alpha value is -4.20. The summed E-state index contributed by atoms with van der Waals surface area (Å²) in [7, 11) is 0. The van der Waals surface area contributed by atoms with Crippen LogP contribution in [0, 0.1) is 0 Å². The summed E-state index contributed by atoms with van der Waals surface area (Å²) < 4.78 is 38.8. The molecular weight excluding hydrogens is 732 g/mol. The van der Waals surface area contributed by atoms with Gasteiger partial charge in [0.05, 0.1) is 12.7 Å². The van der Waals surface area contributed by atoms with Crippen molar-refractivity contribution in [3.63, 3.8) is 0 Å². The molecule has 0 unspecified atom stereocenters. The molecule has 21 nitrogen and oxygen atoms in total. The second-order valence-electron chi connectivity index (χ2n) is 12.9. The Kier molecular flexibility index (Phi) is 11.3. The van der Waals surface area contributed by atoms with Crippen LogP contribution in [0.15, 0.2) is 45.6 Å². The fourth-order valence-corrected chi connectivity index (χ4v) is 6.12. The smallest absolute Gasteiger partial charge is 0.335 e. The molecule has 0 aliphatic carbocycles. The van der Waals surface area contributed by atoms with E-state index in [1.807, 2.05) is 0 Å². The molecule has 296 valence electrons. The van der Waals surface area contributed by atoms with Gasteiger partial charge in [0.2, 0.25) is 23.8 Å². The number of carbonyl (C=O) groups is 1. The first-order valence-corrected chi connectivity index (χ1v) is 16.4. The van der Waals surface area contributed by atoms with Gasteiger partial charge in [0.1, 0.15) is 77.8 Å². The molecule has 6 rings (SSSR count). The third kappa shape index (κ3) is 7.29. The highest BCUT2D eigenvalue weighted by atomic mass is 16.7. The second-order valence-corrected chi connectivity index (χ2v) is 12.9. The van der Waals surface area contributed by atoms with Gasteiger partial charge in [-0.1, -0.05) is 0 Å². The molecule has 0 radical (unpaired) electrons. The van der Waals surface area contributed by atoms with Gasteiger partial charge in [-0.2, -0.15) is 0 Å². The summed E-state index contributed by atoms with van der Waals surface area (Å²) in [4.78, 5) is 25.7. The first-order chi connectivity index (χ1) is 25.5. The molecule has 54 heavy (non-hydrogen) atoms. The minimum Gasteiger partial charge on any atom is -0.508 e. The second kappa shape index (κ2) is 15.5. The molecule has 3 aliphatic heterocycles. The van der Waals surface area contributed by atoms with E-state index in [-0.39, 0.29) is 22.7 Å². The van der Waals surface area contributed by atoms with E-state index in [1.54, 1.807) is 0 Å². The van der Waals surface area contributed by atoms with Gasteiger partial charge in [0.15, 0.2) is 29.7 Å². The molecule has 15 atom stereocenters. The molecule has 0 bridgehead atoms. The van der Waals surface area contributed by atoms with Crippen molar-refractivity contribution in [3.05, 3.63) is 46.6 Å². The van der Waals surface area contributed by atoms with E-state index in [0.29, 0.717) is 0 Å². The third-order valence-electron chi connectivity index (χ3n) is 9.28. The van der Waals surface area contributed by atoms with Crippen LogP contribution in [0.3, 0.4) is 0 Å². The standard InChI is InChI=1S/C33H38O21/c1-9-16(35)20(39)24(43)31(49-9)48-8-14-18(37)21(40)25(44)33(52-14)53-28-19(38)15-12(50-27(28)10-2-4-11(34)5-3-10)6-7-13(17(15)36)51-32-26(45)22(41)23(42)29(54-32)30(46)47/h2-7,9,14,16,18,20-26,29,31-37,39-45H,8H2,1H3,(H,46,47)/t9-,14+,16-,18+,20+,21-,22-,23-,24+,25+,26+,29-,31+,32+,33-/m0/s1. The lowest BCUT2D eigenvalue weighted by Crippen LogP contribution is -2.61. The van der Waals surface area contributed by atoms with Gasteiger partial charge < -0.3 is 94.1 Å². The van der Waals surface area contributed by atoms with Crippen molar-refractivity contribution in [3.8, 4) is 34.3 Å². The number of phenols is 2. The largest absolute Gasteiger partial charge is 0.508 e. The predicted molar refractivity (Wildman–Crippen MR) is 172 cm³/mol. The molecule has 4 heterocycles. The zero-order valence-corrected chi connectivity index (χ0v) is 27.9. The fourth-order valence-electron chi connectivity index (χ4n) is 6.12. The van der Waals surface area contributed by atoms with E-state index in [4.69, 9.17) is 32.8 Å². The molecule has 3 aliphatic rings. The maximum absolute atomic E-state index is 14.2. The van der Waals surface area contributed by atoms with Crippen LogP contribution >= 0.6 is 0 Å². The molecule has 3 saturated heterocycles. The van der Waals surface area contributed by atoms with Crippen molar-refractivity contribution in [2.75, 3.05) is 6.61 Å². The van der Waals surface area contributed by atoms with Crippen LogP contribution < -0.4 is 14.9 Å². The van der Waals surface area contributed by atoms with Gasteiger partial charge in [-0.3, -0.25) is 4.79 Å². The first kappa shape index (κ1) is 39.5. The Bertz CT molecular complexity index is 1870. The monoisotopic (exact) mass is 770 g/mol. The molecule has 0 saturated carbocycles. The normalized spacial score (nSPS) is 37.2. The number of carboxylic acids is 1. The van der Waals surface area contributed by atoms with Crippen LogP contribution in [0.25, 0.3) is 22.3 Å². The molecule has 0 spiro atoms. The SMILES string of the molecule is C[C@@H]1O[C@@H](OC[C@H]2O[C@@H](Oc3c(-c4ccc(O)cc4)oc4ccc(O[C@@H]5O[C@H](C(=O)O)[C@@H](O)[C@H](O)[C@H]5O)c(O)c4c3=O)[C@H](O)[C@@H](O)[C@@H]2O)[C@H](O)[C@H](O)[C@H]1O. The molecule has 0 amide bonds. The van der Waals surface area contributed by atoms with Gasteiger partial charge in [-0.25, -0.2) is 4.79 Å². The minimum atomic E-state index is -2.06. The molecule has 21 heteroatoms. The maximum Gasteiger partial charge on any atom is 0.335 e. The molecule has 12 N–H and O–H groups in total. The van der Waals surface area contributed by atoms with Crippen molar-refractivity contribution in [1.82, 2.24) is 0 Å². The van der Waals surface area contributed by atoms with Crippen LogP contribution in [0.1, 0.15) is 6.92 Å². The van der Waals surface area contributed by atoms with Gasteiger partial charge in [0, 0.05) is 5.56 Å². The maximum atomic E-state index is 14.2. The Morgan fingerprint density at radius 2 is 1.28 bits per heavy atom. The van der Waals surface area contributed by atoms with Gasteiger partial charge in [-0.05, 0) is 43.3 Å². The fraction of sp³-hybridized carbons (Fsp3) is 0.515. The molecule has 1 aromatic heterocycles. The number of hydrogen-bond acceptors (Lipinski definition) is 20. The van der Waals surface area contributed by atoms with E-state index in [0.717, 1.165) is 12.1 Å². The number of benzene rings is 2. The van der Waals surface area contributed by atoms with Crippen molar-refractivity contribution in [2.24, 2.45) is 0 Å². The zero-order valence-electron chi connectivity index (χ0n) is 27.9. The third-order valence-corrected chi connectivity index (χ3v) is 9.28. The number of aliphatic hydroxyl groups is 9. The number of hydrogen-bond donors (Lipinski definition) is 12. The number of aromatic hydroxyl groups is 2. The Morgan fingerprint density at radius 3 is 1.93 bits per heavy atom. The Morgan fingerprint density at radius 1 is 0.685 bits per heavy atom. The highest BCUT2D eigenvalue weighted by Gasteiger charge is 2.50. The van der Waals surface area contributed by atoms with Crippen molar-refractivity contribution >= 4 is 16.9 Å². The van der Waals surface area contributed by atoms with Gasteiger partial charge in [0.25, 0.3) is 0 Å². The van der Waals surface area contributed by atoms with Crippen molar-refractivity contribution in [2.45, 2.75) is 99.0 Å². The summed E-state index contributed by atoms with van der Waals surface area (Å²) in [6.45, 7) is 0.738. The van der Waals surface area contributed by atoms with Gasteiger partial charge in [-0.15, -0.1) is 0 Å². The molecule has 2 aromatic carbocycles. The van der Waals surface area contributed by atoms with Crippen LogP contribution in [-0.2, 0) is 23.7 Å². The van der Waals surface area contributed by atoms with Crippen LogP contribution in [0.2, 0.25) is 0 Å². The molecular formula is C33H38O21. The van der Waals surface area contributed by atoms with E-state index >= 15 is 0 Å². The van der Waals surface area contributed by atoms with Crippen LogP contribution in [-0.4, -0.2) is 166 Å². The Labute approximate surface area is 302 Å². The summed E-state index contributed by atoms with van der Waals surface area (Å²) in [6, 6.07) is 7.29. The average Bonchev–Trinajstić information content (AvgIpc) is 3.14. The van der Waals surface area contributed by atoms with E-state index in [9.17, 15) is 70.9 Å². The lowest BCUT2D eigenvalue weighted by atomic mass is 9.98. The lowest BCUT2D eigenvalue weighted by Gasteiger charge is -2.42. The van der Waals surface area contributed by atoms with Gasteiger partial charge >= 0.3 is 5.97 Å². The minimum absolute atomic E-state index is 0.108. The van der Waals surface area contributed by atoms with E-state index in [2.05, 4.69) is 0 Å². The number of aliphatic carboxylic acids is 1. The number of phenolic OH excluding ortho intramolecular Hbond substituents is 2. The van der Waals surface area contributed by atoms with Crippen LogP contribution in [0.4, 0.5) is 0 Å². The summed E-state index contributed by atoms with van der Waals surface area (Å²) >= 11 is 0. The number of aliphatic hydroxyl groups excluding tert-OH is 9. The van der Waals surface area contributed by atoms with Crippen molar-refractivity contribution < 1.29 is 98.9 Å². The number of fused-ring (bicyclic) bond motifs is 1. The number of ether oxygens (including phenoxy) is 6. The van der Waals surface area contributed by atoms with Crippen LogP contribution in [0.5, 0.6) is 23.0 Å². The number of carboxylic acid groups (broad SMARTS) is 1. The highest BCUT2D eigenvalue weighted by Crippen LogP contribution is 2.40. The first-order valence-electron chi connectivity index (χ1n) is 16.4. The van der Waals surface area contributed by atoms with E-state index in [1.165, 1.54) is 31.2 Å². The molecule has 3 fully saturated rings. The Balaban J connectivity index is 1.34. The summed E-state index contributed by atoms with van der Waals surface area (Å²) in [5, 5.41) is 123. The highest BCUT2D eigenvalue weighted by molar-refractivity contribution is 5.89. The summed E-state index contributed by atoms with van der Waals surface area (Å²) in [6.07, 6.45) is -27.0. The lowest BCUT2D eigenvalue weighted by molar-refractivity contribution is -0.318. The topological polar surface area (TPSA) is 345 Å². The zero-order chi connectivity index (χ0) is 39.3. The number of rotatable bonds is 9.